The maximum Gasteiger partial charge on any atom is 0.238 e. The van der Waals surface area contributed by atoms with Gasteiger partial charge in [0.25, 0.3) is 0 Å². The van der Waals surface area contributed by atoms with Crippen molar-refractivity contribution in [2.45, 2.75) is 56.2 Å². The number of hydrogen-bond acceptors (Lipinski definition) is 3. The van der Waals surface area contributed by atoms with Crippen LogP contribution in [0.2, 0.25) is 0 Å². The third-order valence-corrected chi connectivity index (χ3v) is 7.86. The Kier molecular flexibility index (Phi) is 5.44. The number of halogens is 1. The molecule has 2 saturated heterocycles. The average Bonchev–Trinajstić information content (AvgIpc) is 3.30. The molecule has 0 atom stereocenters. The van der Waals surface area contributed by atoms with Gasteiger partial charge in [-0.25, -0.2) is 4.39 Å². The van der Waals surface area contributed by atoms with Crippen LogP contribution < -0.4 is 4.90 Å². The highest BCUT2D eigenvalue weighted by molar-refractivity contribution is 8.02. The molecule has 3 aliphatic rings. The van der Waals surface area contributed by atoms with Gasteiger partial charge >= 0.3 is 0 Å². The molecule has 0 aromatic heterocycles. The first-order valence-electron chi connectivity index (χ1n) is 10.1. The van der Waals surface area contributed by atoms with Crippen molar-refractivity contribution in [2.24, 2.45) is 5.92 Å². The number of nitrogens with zero attached hydrogens (tertiary/aromatic N) is 2. The van der Waals surface area contributed by atoms with E-state index >= 15 is 0 Å². The van der Waals surface area contributed by atoms with Crippen LogP contribution in [-0.2, 0) is 9.59 Å². The highest BCUT2D eigenvalue weighted by Crippen LogP contribution is 2.46. The van der Waals surface area contributed by atoms with Crippen molar-refractivity contribution in [1.82, 2.24) is 4.90 Å². The molecule has 146 valence electrons. The summed E-state index contributed by atoms with van der Waals surface area (Å²) in [7, 11) is 0. The van der Waals surface area contributed by atoms with Gasteiger partial charge in [-0.3, -0.25) is 14.5 Å². The number of carbonyl (C=O) groups is 2. The molecule has 0 unspecified atom stereocenters. The summed E-state index contributed by atoms with van der Waals surface area (Å²) in [6.07, 6.45) is 8.42. The topological polar surface area (TPSA) is 40.6 Å². The van der Waals surface area contributed by atoms with Crippen molar-refractivity contribution in [1.29, 1.82) is 0 Å². The van der Waals surface area contributed by atoms with E-state index in [-0.39, 0.29) is 22.5 Å². The molecule has 0 N–H and O–H groups in total. The van der Waals surface area contributed by atoms with Gasteiger partial charge in [-0.2, -0.15) is 0 Å². The molecular formula is C21H27FN2O2S. The number of piperidine rings is 1. The van der Waals surface area contributed by atoms with E-state index in [0.717, 1.165) is 30.9 Å². The van der Waals surface area contributed by atoms with E-state index in [1.165, 1.54) is 37.8 Å². The van der Waals surface area contributed by atoms with Crippen molar-refractivity contribution in [3.05, 3.63) is 30.1 Å². The van der Waals surface area contributed by atoms with E-state index in [4.69, 9.17) is 0 Å². The highest BCUT2D eigenvalue weighted by Gasteiger charge is 2.49. The third kappa shape index (κ3) is 3.86. The molecule has 3 fully saturated rings. The second-order valence-corrected chi connectivity index (χ2v) is 9.35. The van der Waals surface area contributed by atoms with Crippen LogP contribution in [0.25, 0.3) is 0 Å². The summed E-state index contributed by atoms with van der Waals surface area (Å²) in [6, 6.07) is 6.17. The van der Waals surface area contributed by atoms with Gasteiger partial charge in [-0.05, 0) is 49.4 Å². The van der Waals surface area contributed by atoms with Crippen LogP contribution >= 0.6 is 11.8 Å². The second-order valence-electron chi connectivity index (χ2n) is 8.01. The number of anilines is 1. The Bertz CT molecular complexity index is 695. The number of carbonyl (C=O) groups excluding carboxylic acids is 2. The zero-order chi connectivity index (χ0) is 18.9. The molecule has 27 heavy (non-hydrogen) atoms. The van der Waals surface area contributed by atoms with Crippen LogP contribution in [-0.4, -0.2) is 40.4 Å². The molecule has 2 amide bonds. The Hall–Kier alpha value is -1.56. The predicted molar refractivity (Wildman–Crippen MR) is 106 cm³/mol. The molecular weight excluding hydrogens is 363 g/mol. The maximum absolute atomic E-state index is 13.3. The molecule has 4 rings (SSSR count). The lowest BCUT2D eigenvalue weighted by atomic mass is 9.98. The third-order valence-electron chi connectivity index (χ3n) is 6.34. The molecule has 0 bridgehead atoms. The van der Waals surface area contributed by atoms with E-state index in [0.29, 0.717) is 25.3 Å². The van der Waals surface area contributed by atoms with Gasteiger partial charge in [0.2, 0.25) is 11.8 Å². The van der Waals surface area contributed by atoms with Crippen molar-refractivity contribution in [3.8, 4) is 0 Å². The first-order chi connectivity index (χ1) is 13.1. The fourth-order valence-electron chi connectivity index (χ4n) is 4.78. The van der Waals surface area contributed by atoms with Gasteiger partial charge < -0.3 is 4.90 Å². The smallest absolute Gasteiger partial charge is 0.238 e. The van der Waals surface area contributed by atoms with Crippen LogP contribution in [0.15, 0.2) is 24.3 Å². The molecule has 2 aliphatic heterocycles. The number of thioether (sulfide) groups is 1. The Morgan fingerprint density at radius 2 is 1.81 bits per heavy atom. The van der Waals surface area contributed by atoms with Crippen molar-refractivity contribution in [3.63, 3.8) is 0 Å². The molecule has 1 saturated carbocycles. The number of rotatable bonds is 4. The summed E-state index contributed by atoms with van der Waals surface area (Å²) in [5.74, 6) is 1.23. The lowest BCUT2D eigenvalue weighted by molar-refractivity contribution is -0.132. The monoisotopic (exact) mass is 390 g/mol. The maximum atomic E-state index is 13.3. The van der Waals surface area contributed by atoms with Gasteiger partial charge in [-0.15, -0.1) is 11.8 Å². The minimum absolute atomic E-state index is 0.0765. The van der Waals surface area contributed by atoms with Crippen LogP contribution in [0, 0.1) is 11.7 Å². The lowest BCUT2D eigenvalue weighted by Gasteiger charge is -2.44. The van der Waals surface area contributed by atoms with E-state index < -0.39 is 0 Å². The standard InChI is InChI=1S/C21H27FN2O2S/c22-17-6-8-18(9-7-17)24-20(26)15-27-21(24)11-13-23(14-12-21)19(25)10-5-16-3-1-2-4-16/h6-9,16H,1-5,10-15H2. The Labute approximate surface area is 164 Å². The summed E-state index contributed by atoms with van der Waals surface area (Å²) in [5, 5.41) is 0. The molecule has 6 heteroatoms. The summed E-state index contributed by atoms with van der Waals surface area (Å²) < 4.78 is 13.3. The number of hydrogen-bond donors (Lipinski definition) is 0. The zero-order valence-corrected chi connectivity index (χ0v) is 16.5. The van der Waals surface area contributed by atoms with Crippen LogP contribution in [0.1, 0.15) is 51.4 Å². The van der Waals surface area contributed by atoms with Crippen molar-refractivity contribution >= 4 is 29.3 Å². The first-order valence-corrected chi connectivity index (χ1v) is 11.1. The van der Waals surface area contributed by atoms with Crippen molar-refractivity contribution in [2.75, 3.05) is 23.7 Å². The largest absolute Gasteiger partial charge is 0.342 e. The molecule has 2 heterocycles. The van der Waals surface area contributed by atoms with Gasteiger partial charge in [0.15, 0.2) is 0 Å². The fourth-order valence-corrected chi connectivity index (χ4v) is 6.11. The summed E-state index contributed by atoms with van der Waals surface area (Å²) in [6.45, 7) is 1.39. The highest BCUT2D eigenvalue weighted by atomic mass is 32.2. The summed E-state index contributed by atoms with van der Waals surface area (Å²) in [5.41, 5.74) is 0.757. The van der Waals surface area contributed by atoms with Crippen molar-refractivity contribution < 1.29 is 14.0 Å². The van der Waals surface area contributed by atoms with Gasteiger partial charge in [0.1, 0.15) is 5.82 Å². The minimum Gasteiger partial charge on any atom is -0.342 e. The zero-order valence-electron chi connectivity index (χ0n) is 15.7. The predicted octanol–water partition coefficient (Wildman–Crippen LogP) is 4.19. The molecule has 1 aromatic carbocycles. The number of likely N-dealkylation sites (tertiary alicyclic amines) is 1. The van der Waals surface area contributed by atoms with E-state index in [1.54, 1.807) is 23.9 Å². The molecule has 4 nitrogen and oxygen atoms in total. The molecule has 1 aromatic rings. The number of amides is 2. The minimum atomic E-state index is -0.297. The second kappa shape index (κ2) is 7.82. The van der Waals surface area contributed by atoms with Gasteiger partial charge in [0, 0.05) is 25.2 Å². The normalized spacial score (nSPS) is 22.8. The van der Waals surface area contributed by atoms with Gasteiger partial charge in [-0.1, -0.05) is 25.7 Å². The van der Waals surface area contributed by atoms with E-state index in [9.17, 15) is 14.0 Å². The quantitative estimate of drug-likeness (QED) is 0.774. The van der Waals surface area contributed by atoms with Crippen LogP contribution in [0.3, 0.4) is 0 Å². The Morgan fingerprint density at radius 1 is 1.15 bits per heavy atom. The Morgan fingerprint density at radius 3 is 2.48 bits per heavy atom. The first kappa shape index (κ1) is 18.8. The average molecular weight is 391 g/mol. The van der Waals surface area contributed by atoms with E-state index in [2.05, 4.69) is 0 Å². The SMILES string of the molecule is O=C(CCC1CCCC1)N1CCC2(CC1)SCC(=O)N2c1ccc(F)cc1. The Balaban J connectivity index is 1.38. The molecule has 1 spiro atoms. The number of benzene rings is 1. The molecule has 0 radical (unpaired) electrons. The van der Waals surface area contributed by atoms with Crippen LogP contribution in [0.4, 0.5) is 10.1 Å². The summed E-state index contributed by atoms with van der Waals surface area (Å²) in [4.78, 5) is 28.7. The van der Waals surface area contributed by atoms with E-state index in [1.807, 2.05) is 9.80 Å². The summed E-state index contributed by atoms with van der Waals surface area (Å²) >= 11 is 1.67. The fraction of sp³-hybridized carbons (Fsp3) is 0.619. The molecule has 1 aliphatic carbocycles. The van der Waals surface area contributed by atoms with Gasteiger partial charge in [0.05, 0.1) is 10.6 Å². The van der Waals surface area contributed by atoms with Crippen LogP contribution in [0.5, 0.6) is 0 Å². The lowest BCUT2D eigenvalue weighted by Crippen LogP contribution is -2.53.